The van der Waals surface area contributed by atoms with Crippen molar-refractivity contribution in [3.05, 3.63) is 46.8 Å². The Balaban J connectivity index is 1.74. The molecule has 1 aromatic carbocycles. The molecule has 2 aromatic rings. The molecule has 23 heavy (non-hydrogen) atoms. The highest BCUT2D eigenvalue weighted by Crippen LogP contribution is 2.27. The zero-order valence-corrected chi connectivity index (χ0v) is 13.9. The summed E-state index contributed by atoms with van der Waals surface area (Å²) in [7, 11) is 0. The summed E-state index contributed by atoms with van der Waals surface area (Å²) in [6.07, 6.45) is 9.63. The van der Waals surface area contributed by atoms with E-state index in [9.17, 15) is 4.79 Å². The minimum Gasteiger partial charge on any atom is -0.296 e. The Morgan fingerprint density at radius 3 is 2.74 bits per heavy atom. The van der Waals surface area contributed by atoms with Crippen LogP contribution in [-0.2, 0) is 13.0 Å². The third-order valence-electron chi connectivity index (χ3n) is 5.07. The molecule has 1 aliphatic rings. The van der Waals surface area contributed by atoms with Crippen LogP contribution in [0.25, 0.3) is 0 Å². The fourth-order valence-corrected chi connectivity index (χ4v) is 3.59. The van der Waals surface area contributed by atoms with E-state index in [2.05, 4.69) is 29.4 Å². The Bertz CT molecular complexity index is 656. The number of aldehydes is 1. The minimum atomic E-state index is 0.509. The number of hydrogen-bond acceptors (Lipinski definition) is 3. The highest BCUT2D eigenvalue weighted by Gasteiger charge is 2.18. The first-order chi connectivity index (χ1) is 11.3. The Hall–Kier alpha value is -1.97. The van der Waals surface area contributed by atoms with Gasteiger partial charge < -0.3 is 0 Å². The maximum absolute atomic E-state index is 11.3. The number of nitrogens with zero attached hydrogens (tertiary/aromatic N) is 3. The molecule has 0 aliphatic heterocycles. The van der Waals surface area contributed by atoms with E-state index in [1.54, 1.807) is 0 Å². The number of carbonyl (C=O) groups is 1. The largest absolute Gasteiger partial charge is 0.296 e. The van der Waals surface area contributed by atoms with Crippen LogP contribution in [0.4, 0.5) is 0 Å². The number of benzene rings is 1. The van der Waals surface area contributed by atoms with Crippen LogP contribution in [0.15, 0.2) is 24.3 Å². The van der Waals surface area contributed by atoms with Gasteiger partial charge in [-0.25, -0.2) is 4.68 Å². The van der Waals surface area contributed by atoms with E-state index in [1.165, 1.54) is 43.2 Å². The summed E-state index contributed by atoms with van der Waals surface area (Å²) in [5.41, 5.74) is 3.98. The molecule has 0 unspecified atom stereocenters. The van der Waals surface area contributed by atoms with Crippen LogP contribution in [0.3, 0.4) is 0 Å². The summed E-state index contributed by atoms with van der Waals surface area (Å²) < 4.78 is 1.91. The van der Waals surface area contributed by atoms with Crippen molar-refractivity contribution in [2.24, 2.45) is 5.92 Å². The first-order valence-electron chi connectivity index (χ1n) is 8.70. The third kappa shape index (κ3) is 3.87. The van der Waals surface area contributed by atoms with Gasteiger partial charge in [-0.2, -0.15) is 0 Å². The van der Waals surface area contributed by atoms with E-state index in [0.717, 1.165) is 30.7 Å². The lowest BCUT2D eigenvalue weighted by atomic mass is 9.85. The lowest BCUT2D eigenvalue weighted by Gasteiger charge is -2.21. The van der Waals surface area contributed by atoms with Crippen LogP contribution < -0.4 is 0 Å². The average molecular weight is 311 g/mol. The monoisotopic (exact) mass is 311 g/mol. The van der Waals surface area contributed by atoms with E-state index in [0.29, 0.717) is 12.2 Å². The van der Waals surface area contributed by atoms with Gasteiger partial charge in [0.1, 0.15) is 5.69 Å². The predicted molar refractivity (Wildman–Crippen MR) is 90.6 cm³/mol. The Morgan fingerprint density at radius 1 is 1.22 bits per heavy atom. The molecule has 122 valence electrons. The molecule has 1 aromatic heterocycles. The normalized spacial score (nSPS) is 15.7. The van der Waals surface area contributed by atoms with Crippen molar-refractivity contribution in [2.45, 2.75) is 58.4 Å². The van der Waals surface area contributed by atoms with Gasteiger partial charge in [0, 0.05) is 0 Å². The van der Waals surface area contributed by atoms with E-state index in [-0.39, 0.29) is 0 Å². The van der Waals surface area contributed by atoms with Crippen molar-refractivity contribution in [3.8, 4) is 0 Å². The second-order valence-electron chi connectivity index (χ2n) is 6.67. The molecule has 0 amide bonds. The zero-order chi connectivity index (χ0) is 16.1. The number of hydrogen-bond donors (Lipinski definition) is 0. The molecule has 1 saturated carbocycles. The summed E-state index contributed by atoms with van der Waals surface area (Å²) in [4.78, 5) is 11.3. The van der Waals surface area contributed by atoms with E-state index in [1.807, 2.05) is 16.8 Å². The third-order valence-corrected chi connectivity index (χ3v) is 5.07. The van der Waals surface area contributed by atoms with Crippen molar-refractivity contribution in [1.82, 2.24) is 15.0 Å². The highest BCUT2D eigenvalue weighted by molar-refractivity contribution is 5.73. The summed E-state index contributed by atoms with van der Waals surface area (Å²) in [5, 5.41) is 8.29. The van der Waals surface area contributed by atoms with Crippen LogP contribution in [0.2, 0.25) is 0 Å². The lowest BCUT2D eigenvalue weighted by molar-refractivity contribution is 0.111. The van der Waals surface area contributed by atoms with Gasteiger partial charge in [0.05, 0.1) is 12.2 Å². The van der Waals surface area contributed by atoms with Crippen molar-refractivity contribution in [3.63, 3.8) is 0 Å². The lowest BCUT2D eigenvalue weighted by Crippen LogP contribution is -2.12. The Labute approximate surface area is 137 Å². The fourth-order valence-electron chi connectivity index (χ4n) is 3.59. The van der Waals surface area contributed by atoms with Crippen molar-refractivity contribution in [2.75, 3.05) is 0 Å². The van der Waals surface area contributed by atoms with Crippen LogP contribution >= 0.6 is 0 Å². The van der Waals surface area contributed by atoms with Crippen LogP contribution in [-0.4, -0.2) is 21.3 Å². The summed E-state index contributed by atoms with van der Waals surface area (Å²) in [5.74, 6) is 0.796. The maximum atomic E-state index is 11.3. The van der Waals surface area contributed by atoms with Crippen molar-refractivity contribution in [1.29, 1.82) is 0 Å². The van der Waals surface area contributed by atoms with Gasteiger partial charge in [0.15, 0.2) is 6.29 Å². The minimum absolute atomic E-state index is 0.509. The van der Waals surface area contributed by atoms with Crippen LogP contribution in [0.5, 0.6) is 0 Å². The van der Waals surface area contributed by atoms with Gasteiger partial charge in [0.2, 0.25) is 0 Å². The van der Waals surface area contributed by atoms with E-state index >= 15 is 0 Å². The molecule has 0 radical (unpaired) electrons. The molecule has 1 aliphatic carbocycles. The summed E-state index contributed by atoms with van der Waals surface area (Å²) in [6.45, 7) is 2.79. The first-order valence-corrected chi connectivity index (χ1v) is 8.70. The SMILES string of the molecule is Cc1ccccc1Cn1nnc(C=O)c1CCC1CCCCC1. The van der Waals surface area contributed by atoms with Gasteiger partial charge >= 0.3 is 0 Å². The van der Waals surface area contributed by atoms with Gasteiger partial charge in [0.25, 0.3) is 0 Å². The molecular weight excluding hydrogens is 286 g/mol. The van der Waals surface area contributed by atoms with E-state index < -0.39 is 0 Å². The molecule has 4 nitrogen and oxygen atoms in total. The second kappa shape index (κ2) is 7.53. The predicted octanol–water partition coefficient (Wildman–Crippen LogP) is 3.96. The van der Waals surface area contributed by atoms with Crippen molar-refractivity contribution < 1.29 is 4.79 Å². The number of rotatable bonds is 6. The zero-order valence-electron chi connectivity index (χ0n) is 13.9. The molecule has 0 saturated heterocycles. The van der Waals surface area contributed by atoms with Crippen molar-refractivity contribution >= 4 is 6.29 Å². The molecule has 3 rings (SSSR count). The molecule has 4 heteroatoms. The Morgan fingerprint density at radius 2 is 2.00 bits per heavy atom. The fraction of sp³-hybridized carbons (Fsp3) is 0.526. The molecule has 0 N–H and O–H groups in total. The molecule has 0 bridgehead atoms. The Kier molecular flexibility index (Phi) is 5.21. The van der Waals surface area contributed by atoms with Gasteiger partial charge in [-0.05, 0) is 36.8 Å². The molecule has 0 atom stereocenters. The quantitative estimate of drug-likeness (QED) is 0.759. The smallest absolute Gasteiger partial charge is 0.172 e. The number of aryl methyl sites for hydroxylation is 1. The highest BCUT2D eigenvalue weighted by atomic mass is 16.1. The standard InChI is InChI=1S/C19H25N3O/c1-15-7-5-6-10-17(15)13-22-19(18(14-23)20-21-22)12-11-16-8-3-2-4-9-16/h5-7,10,14,16H,2-4,8-9,11-13H2,1H3. The van der Waals surface area contributed by atoms with E-state index in [4.69, 9.17) is 0 Å². The maximum Gasteiger partial charge on any atom is 0.172 e. The molecule has 0 spiro atoms. The van der Waals surface area contributed by atoms with Crippen LogP contribution in [0.1, 0.15) is 65.8 Å². The molecular formula is C19H25N3O. The number of carbonyl (C=O) groups excluding carboxylic acids is 1. The van der Waals surface area contributed by atoms with Crippen LogP contribution in [0, 0.1) is 12.8 Å². The van der Waals surface area contributed by atoms with Gasteiger partial charge in [-0.1, -0.05) is 61.6 Å². The molecule has 1 heterocycles. The second-order valence-corrected chi connectivity index (χ2v) is 6.67. The van der Waals surface area contributed by atoms with Gasteiger partial charge in [-0.3, -0.25) is 4.79 Å². The topological polar surface area (TPSA) is 47.8 Å². The summed E-state index contributed by atoms with van der Waals surface area (Å²) >= 11 is 0. The van der Waals surface area contributed by atoms with Gasteiger partial charge in [-0.15, -0.1) is 5.10 Å². The first kappa shape index (κ1) is 15.9. The summed E-state index contributed by atoms with van der Waals surface area (Å²) in [6, 6.07) is 8.31. The average Bonchev–Trinajstić information content (AvgIpc) is 2.98. The molecule has 1 fully saturated rings. The number of aromatic nitrogens is 3.